The minimum Gasteiger partial charge on any atom is -0.354 e. The molecule has 1 atom stereocenters. The molecular weight excluding hydrogens is 434 g/mol. The maximum atomic E-state index is 13.0. The largest absolute Gasteiger partial charge is 0.354 e. The summed E-state index contributed by atoms with van der Waals surface area (Å²) in [5, 5.41) is 8.84. The van der Waals surface area contributed by atoms with Crippen molar-refractivity contribution in [3.63, 3.8) is 0 Å². The Morgan fingerprint density at radius 3 is 2.27 bits per heavy atom. The molecule has 1 aliphatic rings. The van der Waals surface area contributed by atoms with Gasteiger partial charge in [0.25, 0.3) is 11.8 Å². The van der Waals surface area contributed by atoms with E-state index in [1.165, 1.54) is 10.5 Å². The van der Waals surface area contributed by atoms with E-state index in [4.69, 9.17) is 0 Å². The van der Waals surface area contributed by atoms with Gasteiger partial charge in [-0.25, -0.2) is 0 Å². The molecule has 1 aromatic heterocycles. The highest BCUT2D eigenvalue weighted by Gasteiger charge is 2.32. The number of likely N-dealkylation sites (N-methyl/N-ethyl adjacent to an activating group) is 1. The molecule has 0 aliphatic carbocycles. The third kappa shape index (κ3) is 4.70. The molecule has 7 heteroatoms. The molecule has 2 aromatic carbocycles. The number of hydrogen-bond donors (Lipinski definition) is 1. The zero-order valence-electron chi connectivity index (χ0n) is 19.0. The lowest BCUT2D eigenvalue weighted by Gasteiger charge is -2.29. The van der Waals surface area contributed by atoms with Crippen LogP contribution in [0.25, 0.3) is 10.8 Å². The summed E-state index contributed by atoms with van der Waals surface area (Å²) in [7, 11) is 0. The first-order valence-electron chi connectivity index (χ1n) is 11.5. The van der Waals surface area contributed by atoms with E-state index in [1.807, 2.05) is 24.3 Å². The highest BCUT2D eigenvalue weighted by Crippen LogP contribution is 2.30. The predicted molar refractivity (Wildman–Crippen MR) is 132 cm³/mol. The van der Waals surface area contributed by atoms with Crippen molar-refractivity contribution in [3.05, 3.63) is 69.9 Å². The third-order valence-corrected chi connectivity index (χ3v) is 7.02. The van der Waals surface area contributed by atoms with E-state index in [1.54, 1.807) is 23.5 Å². The fraction of sp³-hybridized carbons (Fsp3) is 0.346. The monoisotopic (exact) mass is 463 g/mol. The lowest BCUT2D eigenvalue weighted by Crippen LogP contribution is -2.41. The van der Waals surface area contributed by atoms with Crippen molar-refractivity contribution in [1.29, 1.82) is 0 Å². The molecule has 0 radical (unpaired) electrons. The lowest BCUT2D eigenvalue weighted by atomic mass is 9.94. The summed E-state index contributed by atoms with van der Waals surface area (Å²) in [6.07, 6.45) is 0.688. The highest BCUT2D eigenvalue weighted by atomic mass is 32.1. The van der Waals surface area contributed by atoms with Gasteiger partial charge in [0.05, 0.1) is 6.04 Å². The molecule has 0 fully saturated rings. The Balaban J connectivity index is 1.35. The summed E-state index contributed by atoms with van der Waals surface area (Å²) in [4.78, 5) is 42.1. The van der Waals surface area contributed by atoms with Crippen molar-refractivity contribution in [2.45, 2.75) is 32.7 Å². The summed E-state index contributed by atoms with van der Waals surface area (Å²) in [6, 6.07) is 13.2. The first kappa shape index (κ1) is 23.1. The summed E-state index contributed by atoms with van der Waals surface area (Å²) in [5.41, 5.74) is 2.30. The molecule has 33 heavy (non-hydrogen) atoms. The molecule has 0 saturated carbocycles. The van der Waals surface area contributed by atoms with Crippen LogP contribution in [-0.2, 0) is 4.79 Å². The SMILES string of the molecule is CCN(CC)C(CNC(=O)CCCN1C(=O)c2cccc3cccc(c23)C1=O)c1ccsc1. The smallest absolute Gasteiger partial charge is 0.261 e. The second kappa shape index (κ2) is 10.3. The Morgan fingerprint density at radius 1 is 1.03 bits per heavy atom. The molecule has 0 saturated heterocycles. The molecular formula is C26H29N3O3S. The van der Waals surface area contributed by atoms with Gasteiger partial charge in [-0.15, -0.1) is 0 Å². The van der Waals surface area contributed by atoms with Crippen LogP contribution in [0.3, 0.4) is 0 Å². The number of carbonyl (C=O) groups excluding carboxylic acids is 3. The van der Waals surface area contributed by atoms with Crippen LogP contribution in [0.15, 0.2) is 53.2 Å². The van der Waals surface area contributed by atoms with Crippen molar-refractivity contribution < 1.29 is 14.4 Å². The maximum absolute atomic E-state index is 13.0. The number of hydrogen-bond acceptors (Lipinski definition) is 5. The number of thiophene rings is 1. The molecule has 172 valence electrons. The standard InChI is InChI=1S/C26H29N3O3S/c1-3-28(4-2)22(19-13-15-33-17-19)16-27-23(30)12-7-14-29-25(31)20-10-5-8-18-9-6-11-21(24(18)20)26(29)32/h5-6,8-11,13,15,17,22H,3-4,7,12,14,16H2,1-2H3,(H,27,30). The van der Waals surface area contributed by atoms with Crippen LogP contribution in [0.1, 0.15) is 59.0 Å². The number of nitrogens with zero attached hydrogens (tertiary/aromatic N) is 2. The molecule has 1 unspecified atom stereocenters. The van der Waals surface area contributed by atoms with Crippen LogP contribution in [0.5, 0.6) is 0 Å². The van der Waals surface area contributed by atoms with Gasteiger partial charge in [0.2, 0.25) is 5.91 Å². The van der Waals surface area contributed by atoms with E-state index in [0.717, 1.165) is 23.9 Å². The Morgan fingerprint density at radius 2 is 1.70 bits per heavy atom. The number of rotatable bonds is 10. The van der Waals surface area contributed by atoms with Gasteiger partial charge in [-0.05, 0) is 59.4 Å². The van der Waals surface area contributed by atoms with Gasteiger partial charge in [0, 0.05) is 36.0 Å². The van der Waals surface area contributed by atoms with E-state index < -0.39 is 0 Å². The van der Waals surface area contributed by atoms with Gasteiger partial charge in [-0.2, -0.15) is 11.3 Å². The Labute approximate surface area is 198 Å². The number of nitrogens with one attached hydrogen (secondary N) is 1. The quantitative estimate of drug-likeness (QED) is 0.450. The minimum atomic E-state index is -0.288. The zero-order chi connectivity index (χ0) is 23.4. The first-order valence-corrected chi connectivity index (χ1v) is 12.4. The lowest BCUT2D eigenvalue weighted by molar-refractivity contribution is -0.121. The van der Waals surface area contributed by atoms with Crippen molar-refractivity contribution in [1.82, 2.24) is 15.1 Å². The Kier molecular flexibility index (Phi) is 7.20. The van der Waals surface area contributed by atoms with Gasteiger partial charge in [0.1, 0.15) is 0 Å². The summed E-state index contributed by atoms with van der Waals surface area (Å²) < 4.78 is 0. The second-order valence-electron chi connectivity index (χ2n) is 8.17. The first-order chi connectivity index (χ1) is 16.0. The Hall–Kier alpha value is -3.03. The van der Waals surface area contributed by atoms with Crippen LogP contribution >= 0.6 is 11.3 Å². The number of benzene rings is 2. The average Bonchev–Trinajstić information content (AvgIpc) is 3.37. The topological polar surface area (TPSA) is 69.7 Å². The molecule has 1 N–H and O–H groups in total. The van der Waals surface area contributed by atoms with E-state index >= 15 is 0 Å². The molecule has 6 nitrogen and oxygen atoms in total. The fourth-order valence-corrected chi connectivity index (χ4v) is 5.27. The summed E-state index contributed by atoms with van der Waals surface area (Å²) >= 11 is 1.66. The van der Waals surface area contributed by atoms with E-state index in [2.05, 4.69) is 40.9 Å². The van der Waals surface area contributed by atoms with Gasteiger partial charge in [-0.3, -0.25) is 24.2 Å². The van der Waals surface area contributed by atoms with E-state index in [9.17, 15) is 14.4 Å². The molecule has 2 heterocycles. The van der Waals surface area contributed by atoms with Crippen molar-refractivity contribution >= 4 is 39.8 Å². The average molecular weight is 464 g/mol. The zero-order valence-corrected chi connectivity index (χ0v) is 19.9. The second-order valence-corrected chi connectivity index (χ2v) is 8.95. The van der Waals surface area contributed by atoms with Crippen LogP contribution in [-0.4, -0.2) is 53.7 Å². The number of carbonyl (C=O) groups is 3. The van der Waals surface area contributed by atoms with Gasteiger partial charge in [-0.1, -0.05) is 38.1 Å². The molecule has 4 rings (SSSR count). The highest BCUT2D eigenvalue weighted by molar-refractivity contribution is 7.08. The molecule has 3 amide bonds. The van der Waals surface area contributed by atoms with E-state index in [0.29, 0.717) is 24.1 Å². The Bertz CT molecular complexity index is 1100. The van der Waals surface area contributed by atoms with Crippen LogP contribution in [0.2, 0.25) is 0 Å². The van der Waals surface area contributed by atoms with Gasteiger partial charge < -0.3 is 5.32 Å². The predicted octanol–water partition coefficient (Wildman–Crippen LogP) is 4.48. The minimum absolute atomic E-state index is 0.0678. The molecule has 1 aliphatic heterocycles. The summed E-state index contributed by atoms with van der Waals surface area (Å²) in [5.74, 6) is -0.644. The van der Waals surface area contributed by atoms with Crippen LogP contribution < -0.4 is 5.32 Å². The van der Waals surface area contributed by atoms with Gasteiger partial charge in [0.15, 0.2) is 0 Å². The van der Waals surface area contributed by atoms with Crippen LogP contribution in [0, 0.1) is 0 Å². The fourth-order valence-electron chi connectivity index (χ4n) is 4.57. The van der Waals surface area contributed by atoms with Crippen molar-refractivity contribution in [3.8, 4) is 0 Å². The maximum Gasteiger partial charge on any atom is 0.261 e. The molecule has 0 spiro atoms. The third-order valence-electron chi connectivity index (χ3n) is 6.32. The van der Waals surface area contributed by atoms with E-state index in [-0.39, 0.29) is 36.7 Å². The van der Waals surface area contributed by atoms with Crippen LogP contribution in [0.4, 0.5) is 0 Å². The number of imide groups is 1. The summed E-state index contributed by atoms with van der Waals surface area (Å²) in [6.45, 7) is 6.81. The van der Waals surface area contributed by atoms with Gasteiger partial charge >= 0.3 is 0 Å². The normalized spacial score (nSPS) is 14.2. The van der Waals surface area contributed by atoms with Crippen molar-refractivity contribution in [2.24, 2.45) is 0 Å². The van der Waals surface area contributed by atoms with Crippen molar-refractivity contribution in [2.75, 3.05) is 26.2 Å². The molecule has 0 bridgehead atoms. The number of amides is 3. The molecule has 3 aromatic rings.